The molecule has 3 rings (SSSR count). The van der Waals surface area contributed by atoms with Gasteiger partial charge in [0.05, 0.1) is 42.0 Å². The van der Waals surface area contributed by atoms with Crippen LogP contribution in [0, 0.1) is 6.92 Å². The molecule has 7 nitrogen and oxygen atoms in total. The summed E-state index contributed by atoms with van der Waals surface area (Å²) in [5.74, 6) is 1.53. The highest BCUT2D eigenvalue weighted by molar-refractivity contribution is 7.84. The predicted molar refractivity (Wildman–Crippen MR) is 95.5 cm³/mol. The fourth-order valence-electron chi connectivity index (χ4n) is 2.72. The average Bonchev–Trinajstić information content (AvgIpc) is 3.03. The molecule has 0 radical (unpaired) electrons. The van der Waals surface area contributed by atoms with Crippen molar-refractivity contribution in [2.45, 2.75) is 31.2 Å². The fraction of sp³-hybridized carbons (Fsp3) is 0.353. The lowest BCUT2D eigenvalue weighted by molar-refractivity contribution is 0.396. The van der Waals surface area contributed by atoms with Crippen LogP contribution in [-0.4, -0.2) is 38.4 Å². The largest absolute Gasteiger partial charge is 0.496 e. The van der Waals surface area contributed by atoms with Crippen LogP contribution in [0.25, 0.3) is 11.2 Å². The third-order valence-corrected chi connectivity index (χ3v) is 5.11. The summed E-state index contributed by atoms with van der Waals surface area (Å²) in [4.78, 5) is 16.1. The first-order chi connectivity index (χ1) is 12.1. The quantitative estimate of drug-likeness (QED) is 0.726. The van der Waals surface area contributed by atoms with Crippen LogP contribution in [0.1, 0.15) is 23.7 Å². The number of hydrogen-bond donors (Lipinski definition) is 1. The molecule has 0 saturated heterocycles. The Bertz CT molecular complexity index is 939. The molecule has 0 fully saturated rings. The van der Waals surface area contributed by atoms with Gasteiger partial charge in [-0.15, -0.1) is 0 Å². The summed E-state index contributed by atoms with van der Waals surface area (Å²) in [7, 11) is 1.81. The average molecular weight is 360 g/mol. The van der Waals surface area contributed by atoms with Gasteiger partial charge in [-0.25, -0.2) is 4.98 Å². The summed E-state index contributed by atoms with van der Waals surface area (Å²) in [6.07, 6.45) is 2.42. The lowest BCUT2D eigenvalue weighted by atomic mass is 10.1. The summed E-state index contributed by atoms with van der Waals surface area (Å²) in [6, 6.07) is 3.70. The number of aromatic nitrogens is 4. The lowest BCUT2D eigenvalue weighted by Gasteiger charge is -2.10. The van der Waals surface area contributed by atoms with Crippen LogP contribution >= 0.6 is 0 Å². The maximum absolute atomic E-state index is 12.8. The minimum atomic E-state index is -1.37. The van der Waals surface area contributed by atoms with Gasteiger partial charge < -0.3 is 14.5 Å². The van der Waals surface area contributed by atoms with Crippen LogP contribution in [0.2, 0.25) is 0 Å². The molecule has 8 heteroatoms. The first-order valence-corrected chi connectivity index (χ1v) is 9.19. The van der Waals surface area contributed by atoms with Crippen LogP contribution in [0.4, 0.5) is 0 Å². The number of imidazole rings is 1. The molecule has 0 spiro atoms. The molecule has 1 atom stereocenters. The van der Waals surface area contributed by atoms with Crippen LogP contribution in [0.5, 0.6) is 11.6 Å². The molecule has 132 valence electrons. The van der Waals surface area contributed by atoms with Crippen molar-refractivity contribution in [1.29, 1.82) is 0 Å². The van der Waals surface area contributed by atoms with Gasteiger partial charge in [0.1, 0.15) is 5.75 Å². The van der Waals surface area contributed by atoms with Crippen molar-refractivity contribution in [3.63, 3.8) is 0 Å². The van der Waals surface area contributed by atoms with E-state index in [1.165, 1.54) is 0 Å². The number of H-pyrrole nitrogens is 1. The second kappa shape index (κ2) is 7.18. The number of ether oxygens (including phenoxy) is 2. The maximum Gasteiger partial charge on any atom is 0.218 e. The normalized spacial score (nSPS) is 12.3. The van der Waals surface area contributed by atoms with Gasteiger partial charge in [0.2, 0.25) is 5.88 Å². The van der Waals surface area contributed by atoms with Gasteiger partial charge in [-0.2, -0.15) is 4.98 Å². The molecule has 3 aromatic rings. The molecule has 0 aliphatic heterocycles. The van der Waals surface area contributed by atoms with Gasteiger partial charge in [0.15, 0.2) is 10.8 Å². The summed E-state index contributed by atoms with van der Waals surface area (Å²) in [6.45, 7) is 3.92. The summed E-state index contributed by atoms with van der Waals surface area (Å²) < 4.78 is 23.3. The minimum Gasteiger partial charge on any atom is -0.496 e. The van der Waals surface area contributed by atoms with Gasteiger partial charge in [0, 0.05) is 17.3 Å². The lowest BCUT2D eigenvalue weighted by Crippen LogP contribution is -2.05. The minimum absolute atomic E-state index is 0.260. The zero-order valence-electron chi connectivity index (χ0n) is 14.6. The molecule has 0 saturated carbocycles. The van der Waals surface area contributed by atoms with E-state index in [1.807, 2.05) is 26.0 Å². The molecular formula is C17H20N4O3S. The fourth-order valence-corrected chi connectivity index (χ4v) is 3.77. The number of aryl methyl sites for hydroxylation is 1. The van der Waals surface area contributed by atoms with E-state index >= 15 is 0 Å². The first-order valence-electron chi connectivity index (χ1n) is 7.87. The van der Waals surface area contributed by atoms with Crippen LogP contribution in [-0.2, 0) is 23.0 Å². The third-order valence-electron chi connectivity index (χ3n) is 3.95. The summed E-state index contributed by atoms with van der Waals surface area (Å²) in [5.41, 5.74) is 3.82. The molecule has 3 heterocycles. The molecule has 0 bridgehead atoms. The van der Waals surface area contributed by atoms with E-state index in [0.717, 1.165) is 34.5 Å². The number of nitrogens with zero attached hydrogens (tertiary/aromatic N) is 3. The highest BCUT2D eigenvalue weighted by Gasteiger charge is 2.17. The van der Waals surface area contributed by atoms with Crippen molar-refractivity contribution in [3.05, 3.63) is 35.2 Å². The Morgan fingerprint density at radius 1 is 1.24 bits per heavy atom. The van der Waals surface area contributed by atoms with Gasteiger partial charge >= 0.3 is 0 Å². The van der Waals surface area contributed by atoms with Gasteiger partial charge in [-0.1, -0.05) is 6.92 Å². The monoisotopic (exact) mass is 360 g/mol. The third kappa shape index (κ3) is 3.34. The van der Waals surface area contributed by atoms with Gasteiger partial charge in [-0.3, -0.25) is 9.19 Å². The number of aromatic amines is 1. The van der Waals surface area contributed by atoms with E-state index in [0.29, 0.717) is 16.7 Å². The highest BCUT2D eigenvalue weighted by Crippen LogP contribution is 2.24. The van der Waals surface area contributed by atoms with E-state index in [-0.39, 0.29) is 5.75 Å². The standard InChI is InChI=1S/C17H20N4O3S/c1-5-11-13(18-7-6-14(11)23-3)9-25(22)17-19-12-8-10(2)16(24-4)20-15(12)21-17/h6-8H,5,9H2,1-4H3,(H,19,20,21). The molecule has 0 amide bonds. The van der Waals surface area contributed by atoms with Crippen molar-refractivity contribution >= 4 is 22.0 Å². The van der Waals surface area contributed by atoms with Crippen LogP contribution in [0.3, 0.4) is 0 Å². The number of rotatable bonds is 6. The van der Waals surface area contributed by atoms with Crippen LogP contribution < -0.4 is 9.47 Å². The molecule has 25 heavy (non-hydrogen) atoms. The first kappa shape index (κ1) is 17.3. The van der Waals surface area contributed by atoms with E-state index in [2.05, 4.69) is 19.9 Å². The molecule has 1 N–H and O–H groups in total. The summed E-state index contributed by atoms with van der Waals surface area (Å²) >= 11 is 0. The number of pyridine rings is 2. The maximum atomic E-state index is 12.8. The Kier molecular flexibility index (Phi) is 4.98. The molecule has 0 aromatic carbocycles. The van der Waals surface area contributed by atoms with Crippen molar-refractivity contribution in [3.8, 4) is 11.6 Å². The Labute approximate surface area is 148 Å². The van der Waals surface area contributed by atoms with Crippen LogP contribution in [0.15, 0.2) is 23.5 Å². The number of nitrogens with one attached hydrogen (secondary N) is 1. The number of fused-ring (bicyclic) bond motifs is 1. The van der Waals surface area contributed by atoms with E-state index < -0.39 is 10.8 Å². The zero-order valence-corrected chi connectivity index (χ0v) is 15.4. The highest BCUT2D eigenvalue weighted by atomic mass is 32.2. The second-order valence-corrected chi connectivity index (χ2v) is 6.88. The van der Waals surface area contributed by atoms with Crippen molar-refractivity contribution in [2.75, 3.05) is 14.2 Å². The van der Waals surface area contributed by atoms with E-state index in [4.69, 9.17) is 9.47 Å². The molecule has 0 aliphatic carbocycles. The van der Waals surface area contributed by atoms with Crippen molar-refractivity contribution < 1.29 is 13.7 Å². The summed E-state index contributed by atoms with van der Waals surface area (Å²) in [5, 5.41) is 0.377. The molecule has 1 unspecified atom stereocenters. The van der Waals surface area contributed by atoms with Gasteiger partial charge in [-0.05, 0) is 25.5 Å². The second-order valence-electron chi connectivity index (χ2n) is 5.51. The van der Waals surface area contributed by atoms with Gasteiger partial charge in [0.25, 0.3) is 0 Å². The zero-order chi connectivity index (χ0) is 18.0. The number of hydrogen-bond acceptors (Lipinski definition) is 6. The number of methoxy groups -OCH3 is 2. The topological polar surface area (TPSA) is 90.0 Å². The molecule has 3 aromatic heterocycles. The van der Waals surface area contributed by atoms with Crippen molar-refractivity contribution in [2.24, 2.45) is 0 Å². The Morgan fingerprint density at radius 2 is 2.04 bits per heavy atom. The Morgan fingerprint density at radius 3 is 2.72 bits per heavy atom. The smallest absolute Gasteiger partial charge is 0.218 e. The molecular weight excluding hydrogens is 340 g/mol. The molecule has 0 aliphatic rings. The van der Waals surface area contributed by atoms with E-state index in [9.17, 15) is 4.21 Å². The predicted octanol–water partition coefficient (Wildman–Crippen LogP) is 2.55. The Balaban J connectivity index is 1.93. The van der Waals surface area contributed by atoms with Crippen molar-refractivity contribution in [1.82, 2.24) is 19.9 Å². The Hall–Kier alpha value is -2.48. The van der Waals surface area contributed by atoms with E-state index in [1.54, 1.807) is 20.4 Å². The SMILES string of the molecule is CCc1c(OC)ccnc1CS(=O)c1nc2nc(OC)c(C)cc2[nH]1.